The minimum Gasteiger partial charge on any atom is -0.450 e. The molecule has 0 fully saturated rings. The lowest BCUT2D eigenvalue weighted by Crippen LogP contribution is -1.99. The first-order valence-electron chi connectivity index (χ1n) is 9.40. The molecule has 0 radical (unpaired) electrons. The maximum absolute atomic E-state index is 6.29. The molecule has 4 aromatic heterocycles. The number of nitrogens with one attached hydrogen (secondary N) is 1. The largest absolute Gasteiger partial charge is 0.450 e. The van der Waals surface area contributed by atoms with Crippen molar-refractivity contribution < 1.29 is 4.74 Å². The maximum Gasteiger partial charge on any atom is 0.208 e. The van der Waals surface area contributed by atoms with Crippen LogP contribution >= 0.6 is 23.3 Å². The van der Waals surface area contributed by atoms with Crippen LogP contribution in [0.5, 0.6) is 11.5 Å². The Morgan fingerprint density at radius 1 is 1.23 bits per heavy atom. The van der Waals surface area contributed by atoms with Crippen molar-refractivity contribution >= 4 is 34.2 Å². The number of nitrogens with zero attached hydrogens (tertiary/aromatic N) is 6. The van der Waals surface area contributed by atoms with Gasteiger partial charge in [0.05, 0.1) is 5.69 Å². The van der Waals surface area contributed by atoms with Crippen LogP contribution in [-0.2, 0) is 13.5 Å². The Bertz CT molecular complexity index is 1160. The van der Waals surface area contributed by atoms with E-state index in [1.54, 1.807) is 17.1 Å². The van der Waals surface area contributed by atoms with Crippen molar-refractivity contribution in [3.8, 4) is 11.5 Å². The van der Waals surface area contributed by atoms with Crippen molar-refractivity contribution in [3.05, 3.63) is 53.9 Å². The first-order valence-corrected chi connectivity index (χ1v) is 11.0. The lowest BCUT2D eigenvalue weighted by atomic mass is 10.3. The fourth-order valence-electron chi connectivity index (χ4n) is 2.74. The predicted octanol–water partition coefficient (Wildman–Crippen LogP) is 4.93. The molecule has 0 atom stereocenters. The molecule has 0 aliphatic rings. The summed E-state index contributed by atoms with van der Waals surface area (Å²) >= 11 is 2.82. The molecule has 0 bridgehead atoms. The molecular weight excluding hydrogens is 418 g/mol. The van der Waals surface area contributed by atoms with Gasteiger partial charge in [0, 0.05) is 48.4 Å². The van der Waals surface area contributed by atoms with Crippen LogP contribution in [0.2, 0.25) is 0 Å². The number of hydrogen-bond acceptors (Lipinski definition) is 9. The molecular formula is C20H21N7OS2. The Kier molecular flexibility index (Phi) is 5.96. The van der Waals surface area contributed by atoms with Crippen LogP contribution in [-0.4, -0.2) is 29.1 Å². The van der Waals surface area contributed by atoms with Crippen molar-refractivity contribution in [2.45, 2.75) is 37.1 Å². The molecule has 0 saturated heterocycles. The lowest BCUT2D eigenvalue weighted by Gasteiger charge is -2.12. The van der Waals surface area contributed by atoms with Crippen LogP contribution in [0.25, 0.3) is 0 Å². The van der Waals surface area contributed by atoms with Gasteiger partial charge in [-0.05, 0) is 26.0 Å². The number of pyridine rings is 2. The zero-order chi connectivity index (χ0) is 21.1. The molecule has 8 nitrogen and oxygen atoms in total. The molecule has 4 heterocycles. The van der Waals surface area contributed by atoms with E-state index in [9.17, 15) is 0 Å². The van der Waals surface area contributed by atoms with E-state index in [0.717, 1.165) is 33.6 Å². The van der Waals surface area contributed by atoms with Crippen LogP contribution in [0.4, 0.5) is 10.9 Å². The lowest BCUT2D eigenvalue weighted by molar-refractivity contribution is 0.473. The number of aromatic nitrogens is 6. The highest BCUT2D eigenvalue weighted by Gasteiger charge is 2.17. The van der Waals surface area contributed by atoms with Crippen molar-refractivity contribution in [3.63, 3.8) is 0 Å². The van der Waals surface area contributed by atoms with Gasteiger partial charge in [0.2, 0.25) is 5.13 Å². The summed E-state index contributed by atoms with van der Waals surface area (Å²) in [5.41, 5.74) is 1.75. The van der Waals surface area contributed by atoms with E-state index in [2.05, 4.69) is 29.7 Å². The molecule has 0 spiro atoms. The molecule has 0 unspecified atom stereocenters. The van der Waals surface area contributed by atoms with E-state index in [1.165, 1.54) is 23.3 Å². The zero-order valence-electron chi connectivity index (χ0n) is 17.1. The monoisotopic (exact) mass is 439 g/mol. The third-order valence-electron chi connectivity index (χ3n) is 4.35. The Hall–Kier alpha value is -2.98. The molecule has 0 amide bonds. The third kappa shape index (κ3) is 4.44. The number of rotatable bonds is 7. The first-order chi connectivity index (χ1) is 14.5. The number of aryl methyl sites for hydroxylation is 3. The summed E-state index contributed by atoms with van der Waals surface area (Å²) < 4.78 is 12.4. The van der Waals surface area contributed by atoms with Gasteiger partial charge in [0.1, 0.15) is 16.5 Å². The second kappa shape index (κ2) is 8.80. The fraction of sp³-hybridized carbons (Fsp3) is 0.250. The van der Waals surface area contributed by atoms with Crippen LogP contribution in [0.15, 0.2) is 46.6 Å². The fourth-order valence-corrected chi connectivity index (χ4v) is 4.17. The minimum atomic E-state index is 0.571. The van der Waals surface area contributed by atoms with Crippen molar-refractivity contribution in [2.24, 2.45) is 7.05 Å². The second-order valence-corrected chi connectivity index (χ2v) is 8.35. The predicted molar refractivity (Wildman–Crippen MR) is 118 cm³/mol. The van der Waals surface area contributed by atoms with E-state index < -0.39 is 0 Å². The average molecular weight is 440 g/mol. The van der Waals surface area contributed by atoms with Crippen molar-refractivity contribution in [1.82, 2.24) is 29.1 Å². The Morgan fingerprint density at radius 2 is 2.10 bits per heavy atom. The number of hydrogen-bond donors (Lipinski definition) is 1. The van der Waals surface area contributed by atoms with E-state index in [-0.39, 0.29) is 0 Å². The number of anilines is 2. The summed E-state index contributed by atoms with van der Waals surface area (Å²) in [7, 11) is 1.90. The third-order valence-corrected chi connectivity index (χ3v) is 5.93. The van der Waals surface area contributed by atoms with Gasteiger partial charge in [-0.3, -0.25) is 4.68 Å². The van der Waals surface area contributed by atoms with Gasteiger partial charge >= 0.3 is 0 Å². The van der Waals surface area contributed by atoms with E-state index in [1.807, 2.05) is 52.1 Å². The van der Waals surface area contributed by atoms with Gasteiger partial charge in [0.15, 0.2) is 17.3 Å². The van der Waals surface area contributed by atoms with Gasteiger partial charge in [-0.25, -0.2) is 15.0 Å². The summed E-state index contributed by atoms with van der Waals surface area (Å²) in [5.74, 6) is 2.67. The topological polar surface area (TPSA) is 90.6 Å². The summed E-state index contributed by atoms with van der Waals surface area (Å²) in [6.07, 6.45) is 4.34. The summed E-state index contributed by atoms with van der Waals surface area (Å²) in [4.78, 5) is 14.4. The molecule has 0 saturated carbocycles. The smallest absolute Gasteiger partial charge is 0.208 e. The highest BCUT2D eigenvalue weighted by atomic mass is 32.2. The molecule has 0 aliphatic heterocycles. The van der Waals surface area contributed by atoms with Crippen LogP contribution in [0.3, 0.4) is 0 Å². The molecule has 4 aromatic rings. The minimum absolute atomic E-state index is 0.571. The summed E-state index contributed by atoms with van der Waals surface area (Å²) in [6.45, 7) is 5.92. The van der Waals surface area contributed by atoms with Crippen molar-refractivity contribution in [1.29, 1.82) is 0 Å². The summed E-state index contributed by atoms with van der Waals surface area (Å²) in [6, 6.07) is 7.76. The normalized spacial score (nSPS) is 10.9. The Morgan fingerprint density at radius 3 is 2.77 bits per heavy atom. The molecule has 1 N–H and O–H groups in total. The van der Waals surface area contributed by atoms with Crippen LogP contribution < -0.4 is 10.1 Å². The molecule has 10 heteroatoms. The molecule has 0 aromatic carbocycles. The first kappa shape index (κ1) is 20.3. The quantitative estimate of drug-likeness (QED) is 0.433. The highest BCUT2D eigenvalue weighted by Crippen LogP contribution is 2.37. The maximum atomic E-state index is 6.29. The molecule has 4 rings (SSSR count). The van der Waals surface area contributed by atoms with Gasteiger partial charge in [-0.1, -0.05) is 24.8 Å². The van der Waals surface area contributed by atoms with Crippen molar-refractivity contribution in [2.75, 3.05) is 5.32 Å². The van der Waals surface area contributed by atoms with E-state index in [4.69, 9.17) is 4.74 Å². The summed E-state index contributed by atoms with van der Waals surface area (Å²) in [5, 5.41) is 9.24. The van der Waals surface area contributed by atoms with Gasteiger partial charge < -0.3 is 10.1 Å². The molecule has 154 valence electrons. The van der Waals surface area contributed by atoms with Gasteiger partial charge in [0.25, 0.3) is 0 Å². The van der Waals surface area contributed by atoms with Crippen LogP contribution in [0, 0.1) is 13.8 Å². The van der Waals surface area contributed by atoms with E-state index in [0.29, 0.717) is 22.4 Å². The second-order valence-electron chi connectivity index (χ2n) is 6.51. The Balaban J connectivity index is 1.68. The van der Waals surface area contributed by atoms with E-state index >= 15 is 0 Å². The zero-order valence-corrected chi connectivity index (χ0v) is 18.7. The van der Waals surface area contributed by atoms with Gasteiger partial charge in [-0.2, -0.15) is 9.47 Å². The highest BCUT2D eigenvalue weighted by molar-refractivity contribution is 7.99. The Labute approximate surface area is 182 Å². The van der Waals surface area contributed by atoms with Crippen LogP contribution in [0.1, 0.15) is 24.1 Å². The molecule has 0 aliphatic carbocycles. The SMILES string of the molecule is CCc1nsc(Nc2ncc(Sc3ccccn3)cc2Oc2c(C)nn(C)c2C)n1. The van der Waals surface area contributed by atoms with Gasteiger partial charge in [-0.15, -0.1) is 0 Å². The molecule has 30 heavy (non-hydrogen) atoms. The number of ether oxygens (including phenoxy) is 1. The standard InChI is InChI=1S/C20H21N7OS2/c1-5-16-23-20(30-26-16)24-19-15(28-18-12(2)25-27(4)13(18)3)10-14(11-22-19)29-17-8-6-7-9-21-17/h6-11H,5H2,1-4H3,(H,22,23,24,26). The average Bonchev–Trinajstić information content (AvgIpc) is 3.30.